The number of rotatable bonds is 6. The fourth-order valence-electron chi connectivity index (χ4n) is 2.40. The Bertz CT molecular complexity index is 516. The highest BCUT2D eigenvalue weighted by Gasteiger charge is 2.24. The molecule has 7 nitrogen and oxygen atoms in total. The van der Waals surface area contributed by atoms with E-state index < -0.39 is 24.3 Å². The van der Waals surface area contributed by atoms with Gasteiger partial charge in [0, 0.05) is 13.0 Å². The highest BCUT2D eigenvalue weighted by molar-refractivity contribution is 5.81. The van der Waals surface area contributed by atoms with Crippen LogP contribution in [0.15, 0.2) is 30.3 Å². The second-order valence-electron chi connectivity index (χ2n) is 5.44. The van der Waals surface area contributed by atoms with Crippen LogP contribution in [0, 0.1) is 0 Å². The smallest absolute Gasteiger partial charge is 0.408 e. The summed E-state index contributed by atoms with van der Waals surface area (Å²) in [5.74, 6) is -0.524. The first kappa shape index (κ1) is 17.2. The number of nitrogens with one attached hydrogen (secondary N) is 1. The Morgan fingerprint density at radius 2 is 2.13 bits per heavy atom. The molecule has 2 amide bonds. The number of nitrogens with zero attached hydrogens (tertiary/aromatic N) is 1. The van der Waals surface area contributed by atoms with Crippen molar-refractivity contribution in [3.05, 3.63) is 35.9 Å². The van der Waals surface area contributed by atoms with Gasteiger partial charge in [0.2, 0.25) is 0 Å². The van der Waals surface area contributed by atoms with Crippen LogP contribution in [0.4, 0.5) is 4.79 Å². The van der Waals surface area contributed by atoms with Crippen LogP contribution in [0.25, 0.3) is 0 Å². The van der Waals surface area contributed by atoms with E-state index in [2.05, 4.69) is 5.48 Å². The maximum absolute atomic E-state index is 11.9. The molecule has 1 aromatic carbocycles. The SMILES string of the molecule is C[C@@H](c1ccccc1)N(CC(=O)NOC1CCCCO1)C(=O)O. The molecular weight excluding hydrogens is 300 g/mol. The Morgan fingerprint density at radius 3 is 2.74 bits per heavy atom. The van der Waals surface area contributed by atoms with Crippen molar-refractivity contribution in [1.82, 2.24) is 10.4 Å². The van der Waals surface area contributed by atoms with E-state index in [0.717, 1.165) is 23.3 Å². The maximum atomic E-state index is 11.9. The third kappa shape index (κ3) is 5.22. The molecule has 0 radical (unpaired) electrons. The lowest BCUT2D eigenvalue weighted by atomic mass is 10.1. The number of benzene rings is 1. The third-order valence-corrected chi connectivity index (χ3v) is 3.75. The Kier molecular flexibility index (Phi) is 6.37. The van der Waals surface area contributed by atoms with Crippen molar-refractivity contribution in [3.63, 3.8) is 0 Å². The second-order valence-corrected chi connectivity index (χ2v) is 5.44. The number of hydrogen-bond donors (Lipinski definition) is 2. The number of carbonyl (C=O) groups excluding carboxylic acids is 1. The first-order valence-corrected chi connectivity index (χ1v) is 7.68. The standard InChI is InChI=1S/C16H22N2O5/c1-12(13-7-3-2-4-8-13)18(16(20)21)11-14(19)17-23-15-9-5-6-10-22-15/h2-4,7-8,12,15H,5-6,9-11H2,1H3,(H,17,19)(H,20,21)/t12-,15?/m0/s1. The average molecular weight is 322 g/mol. The fraction of sp³-hybridized carbons (Fsp3) is 0.500. The van der Waals surface area contributed by atoms with Gasteiger partial charge in [-0.25, -0.2) is 15.1 Å². The molecule has 0 aliphatic carbocycles. The Morgan fingerprint density at radius 1 is 1.39 bits per heavy atom. The largest absolute Gasteiger partial charge is 0.465 e. The molecule has 0 spiro atoms. The molecule has 1 aromatic rings. The average Bonchev–Trinajstić information content (AvgIpc) is 2.58. The van der Waals surface area contributed by atoms with Crippen molar-refractivity contribution in [3.8, 4) is 0 Å². The predicted molar refractivity (Wildman–Crippen MR) is 82.4 cm³/mol. The molecule has 1 aliphatic rings. The molecular formula is C16H22N2O5. The van der Waals surface area contributed by atoms with Gasteiger partial charge < -0.3 is 9.84 Å². The molecule has 2 N–H and O–H groups in total. The van der Waals surface area contributed by atoms with Gasteiger partial charge in [-0.15, -0.1) is 0 Å². The second kappa shape index (κ2) is 8.50. The van der Waals surface area contributed by atoms with Gasteiger partial charge in [-0.3, -0.25) is 9.69 Å². The highest BCUT2D eigenvalue weighted by Crippen LogP contribution is 2.19. The van der Waals surface area contributed by atoms with E-state index in [1.54, 1.807) is 6.92 Å². The van der Waals surface area contributed by atoms with Gasteiger partial charge in [-0.1, -0.05) is 30.3 Å². The van der Waals surface area contributed by atoms with Crippen LogP contribution < -0.4 is 5.48 Å². The van der Waals surface area contributed by atoms with Crippen molar-refractivity contribution in [2.45, 2.75) is 38.5 Å². The normalized spacial score (nSPS) is 18.9. The van der Waals surface area contributed by atoms with Crippen LogP contribution >= 0.6 is 0 Å². The van der Waals surface area contributed by atoms with E-state index in [-0.39, 0.29) is 6.54 Å². The first-order chi connectivity index (χ1) is 11.1. The maximum Gasteiger partial charge on any atom is 0.408 e. The molecule has 7 heteroatoms. The molecule has 2 atom stereocenters. The van der Waals surface area contributed by atoms with Crippen molar-refractivity contribution in [2.24, 2.45) is 0 Å². The molecule has 23 heavy (non-hydrogen) atoms. The molecule has 2 rings (SSSR count). The van der Waals surface area contributed by atoms with Crippen LogP contribution in [0.2, 0.25) is 0 Å². The number of hydroxylamine groups is 1. The van der Waals surface area contributed by atoms with Crippen LogP contribution in [0.1, 0.15) is 37.8 Å². The van der Waals surface area contributed by atoms with E-state index in [0.29, 0.717) is 13.0 Å². The molecule has 1 fully saturated rings. The first-order valence-electron chi connectivity index (χ1n) is 7.68. The van der Waals surface area contributed by atoms with Crippen molar-refractivity contribution in [1.29, 1.82) is 0 Å². The van der Waals surface area contributed by atoms with Crippen molar-refractivity contribution in [2.75, 3.05) is 13.2 Å². The number of hydrogen-bond acceptors (Lipinski definition) is 4. The summed E-state index contributed by atoms with van der Waals surface area (Å²) in [4.78, 5) is 29.6. The molecule has 1 heterocycles. The quantitative estimate of drug-likeness (QED) is 0.785. The lowest BCUT2D eigenvalue weighted by Gasteiger charge is -2.27. The van der Waals surface area contributed by atoms with Crippen molar-refractivity contribution >= 4 is 12.0 Å². The lowest BCUT2D eigenvalue weighted by molar-refractivity contribution is -0.200. The number of carbonyl (C=O) groups is 2. The Labute approximate surface area is 135 Å². The highest BCUT2D eigenvalue weighted by atomic mass is 16.8. The van der Waals surface area contributed by atoms with Gasteiger partial charge >= 0.3 is 6.09 Å². The van der Waals surface area contributed by atoms with Gasteiger partial charge in [0.25, 0.3) is 5.91 Å². The molecule has 0 saturated carbocycles. The van der Waals surface area contributed by atoms with E-state index in [9.17, 15) is 14.7 Å². The zero-order valence-corrected chi connectivity index (χ0v) is 13.1. The van der Waals surface area contributed by atoms with Gasteiger partial charge in [0.15, 0.2) is 6.29 Å². The molecule has 126 valence electrons. The minimum atomic E-state index is -1.16. The summed E-state index contributed by atoms with van der Waals surface area (Å²) in [6.07, 6.45) is 1.05. The topological polar surface area (TPSA) is 88.1 Å². The third-order valence-electron chi connectivity index (χ3n) is 3.75. The summed E-state index contributed by atoms with van der Waals surface area (Å²) in [5.41, 5.74) is 3.09. The van der Waals surface area contributed by atoms with Gasteiger partial charge in [0.05, 0.1) is 6.04 Å². The van der Waals surface area contributed by atoms with E-state index in [1.807, 2.05) is 30.3 Å². The number of carboxylic acid groups (broad SMARTS) is 1. The Balaban J connectivity index is 1.88. The van der Waals surface area contributed by atoms with Gasteiger partial charge in [0.1, 0.15) is 6.54 Å². The summed E-state index contributed by atoms with van der Waals surface area (Å²) in [7, 11) is 0. The fourth-order valence-corrected chi connectivity index (χ4v) is 2.40. The minimum absolute atomic E-state index is 0.307. The van der Waals surface area contributed by atoms with E-state index >= 15 is 0 Å². The number of amides is 2. The Hall–Kier alpha value is -2.12. The summed E-state index contributed by atoms with van der Waals surface area (Å²) >= 11 is 0. The molecule has 0 bridgehead atoms. The van der Waals surface area contributed by atoms with E-state index in [4.69, 9.17) is 9.57 Å². The molecule has 0 aromatic heterocycles. The summed E-state index contributed by atoms with van der Waals surface area (Å²) in [5, 5.41) is 9.35. The zero-order valence-electron chi connectivity index (χ0n) is 13.1. The predicted octanol–water partition coefficient (Wildman–Crippen LogP) is 2.30. The monoisotopic (exact) mass is 322 g/mol. The lowest BCUT2D eigenvalue weighted by Crippen LogP contribution is -2.43. The van der Waals surface area contributed by atoms with Crippen LogP contribution in [-0.2, 0) is 14.4 Å². The minimum Gasteiger partial charge on any atom is -0.465 e. The van der Waals surface area contributed by atoms with Crippen LogP contribution in [-0.4, -0.2) is 41.4 Å². The summed E-state index contributed by atoms with van der Waals surface area (Å²) in [6, 6.07) is 8.72. The van der Waals surface area contributed by atoms with Gasteiger partial charge in [-0.2, -0.15) is 0 Å². The van der Waals surface area contributed by atoms with E-state index in [1.165, 1.54) is 0 Å². The van der Waals surface area contributed by atoms with Crippen LogP contribution in [0.5, 0.6) is 0 Å². The van der Waals surface area contributed by atoms with Crippen molar-refractivity contribution < 1.29 is 24.3 Å². The number of ether oxygens (including phenoxy) is 1. The molecule has 1 saturated heterocycles. The van der Waals surface area contributed by atoms with Gasteiger partial charge in [-0.05, 0) is 25.3 Å². The molecule has 1 unspecified atom stereocenters. The molecule has 1 aliphatic heterocycles. The van der Waals surface area contributed by atoms with Crippen LogP contribution in [0.3, 0.4) is 0 Å². The zero-order chi connectivity index (χ0) is 16.7. The summed E-state index contributed by atoms with van der Waals surface area (Å²) in [6.45, 7) is 2.03. The summed E-state index contributed by atoms with van der Waals surface area (Å²) < 4.78 is 5.33.